The van der Waals surface area contributed by atoms with E-state index in [0.29, 0.717) is 23.8 Å². The molecule has 0 heterocycles. The fraction of sp³-hybridized carbons (Fsp3) is 0.543. The van der Waals surface area contributed by atoms with Crippen LogP contribution in [0.2, 0.25) is 0 Å². The van der Waals surface area contributed by atoms with Crippen molar-refractivity contribution < 1.29 is 29.0 Å². The number of nitrogens with two attached hydrogens (primary N) is 1. The molecule has 254 valence electrons. The van der Waals surface area contributed by atoms with Crippen LogP contribution in [0.4, 0.5) is 0 Å². The zero-order valence-electron chi connectivity index (χ0n) is 28.4. The Hall–Kier alpha value is -3.80. The van der Waals surface area contributed by atoms with Crippen molar-refractivity contribution in [3.05, 3.63) is 65.7 Å². The summed E-state index contributed by atoms with van der Waals surface area (Å²) in [5, 5.41) is 18.7. The Labute approximate surface area is 273 Å². The average Bonchev–Trinajstić information content (AvgIpc) is 2.98. The molecule has 5 atom stereocenters. The van der Waals surface area contributed by atoms with E-state index in [1.165, 1.54) is 18.9 Å². The molecule has 2 aromatic carbocycles. The normalized spacial score (nSPS) is 14.8. The van der Waals surface area contributed by atoms with Gasteiger partial charge in [-0.25, -0.2) is 5.01 Å². The second-order valence-corrected chi connectivity index (χ2v) is 13.0. The second-order valence-electron chi connectivity index (χ2n) is 13.0. The Morgan fingerprint density at radius 1 is 0.826 bits per heavy atom. The van der Waals surface area contributed by atoms with Crippen LogP contribution in [0.25, 0.3) is 0 Å². The summed E-state index contributed by atoms with van der Waals surface area (Å²) in [7, 11) is 0. The van der Waals surface area contributed by atoms with Crippen molar-refractivity contribution >= 4 is 23.5 Å². The van der Waals surface area contributed by atoms with Crippen LogP contribution in [0.3, 0.4) is 0 Å². The predicted molar refractivity (Wildman–Crippen MR) is 178 cm³/mol. The molecule has 0 fully saturated rings. The van der Waals surface area contributed by atoms with Crippen LogP contribution in [0.15, 0.2) is 54.6 Å². The number of carbonyl (C=O) groups is 4. The third-order valence-electron chi connectivity index (χ3n) is 7.51. The van der Waals surface area contributed by atoms with Crippen molar-refractivity contribution in [2.75, 3.05) is 13.2 Å². The lowest BCUT2D eigenvalue weighted by Gasteiger charge is -2.35. The predicted octanol–water partition coefficient (Wildman–Crippen LogP) is 3.12. The quantitative estimate of drug-likeness (QED) is 0.155. The number of aliphatic hydroxyl groups excluding tert-OH is 1. The fourth-order valence-corrected chi connectivity index (χ4v) is 5.12. The number of amides is 3. The van der Waals surface area contributed by atoms with Crippen LogP contribution in [-0.2, 0) is 25.7 Å². The molecular weight excluding hydrogens is 586 g/mol. The van der Waals surface area contributed by atoms with Gasteiger partial charge in [-0.15, -0.1) is 0 Å². The van der Waals surface area contributed by atoms with E-state index < -0.39 is 41.8 Å². The first kappa shape index (κ1) is 38.4. The van der Waals surface area contributed by atoms with Crippen molar-refractivity contribution in [1.29, 1.82) is 0 Å². The van der Waals surface area contributed by atoms with Crippen LogP contribution < -0.4 is 26.5 Å². The molecule has 11 nitrogen and oxygen atoms in total. The summed E-state index contributed by atoms with van der Waals surface area (Å²) in [5.41, 5.74) is 11.0. The molecule has 0 aliphatic rings. The zero-order valence-corrected chi connectivity index (χ0v) is 28.4. The number of nitrogens with one attached hydrogen (secondary N) is 3. The number of ketones is 1. The van der Waals surface area contributed by atoms with Crippen LogP contribution in [0, 0.1) is 23.7 Å². The molecule has 0 aromatic heterocycles. The Morgan fingerprint density at radius 3 is 1.87 bits per heavy atom. The molecule has 0 radical (unpaired) electrons. The summed E-state index contributed by atoms with van der Waals surface area (Å²) in [4.78, 5) is 51.5. The number of hydrazine groups is 1. The third-order valence-corrected chi connectivity index (χ3v) is 7.51. The second kappa shape index (κ2) is 18.4. The lowest BCUT2D eigenvalue weighted by Crippen LogP contribution is -2.57. The third kappa shape index (κ3) is 12.2. The van der Waals surface area contributed by atoms with E-state index in [-0.39, 0.29) is 36.7 Å². The van der Waals surface area contributed by atoms with Crippen molar-refractivity contribution in [2.45, 2.75) is 86.2 Å². The van der Waals surface area contributed by atoms with Gasteiger partial charge in [-0.05, 0) is 41.0 Å². The molecule has 46 heavy (non-hydrogen) atoms. The van der Waals surface area contributed by atoms with Crippen LogP contribution >= 0.6 is 0 Å². The number of ether oxygens (including phenoxy) is 1. The van der Waals surface area contributed by atoms with E-state index in [1.807, 2.05) is 58.0 Å². The first-order valence-corrected chi connectivity index (χ1v) is 15.9. The molecule has 2 aromatic rings. The molecule has 3 amide bonds. The van der Waals surface area contributed by atoms with Gasteiger partial charge in [0, 0.05) is 33.0 Å². The molecule has 0 aliphatic carbocycles. The molecule has 6 N–H and O–H groups in total. The topological polar surface area (TPSA) is 163 Å². The van der Waals surface area contributed by atoms with Gasteiger partial charge in [0.1, 0.15) is 11.8 Å². The summed E-state index contributed by atoms with van der Waals surface area (Å²) in [6.07, 6.45) is -1.36. The largest absolute Gasteiger partial charge is 0.493 e. The highest BCUT2D eigenvalue weighted by molar-refractivity contribution is 5.91. The molecular formula is C35H53N5O6. The van der Waals surface area contributed by atoms with Gasteiger partial charge in [-0.3, -0.25) is 24.6 Å². The monoisotopic (exact) mass is 639 g/mol. The number of benzene rings is 2. The van der Waals surface area contributed by atoms with Gasteiger partial charge in [0.25, 0.3) is 5.91 Å². The highest BCUT2D eigenvalue weighted by Crippen LogP contribution is 2.27. The van der Waals surface area contributed by atoms with E-state index in [4.69, 9.17) is 10.5 Å². The molecule has 2 unspecified atom stereocenters. The van der Waals surface area contributed by atoms with Gasteiger partial charge >= 0.3 is 0 Å². The Morgan fingerprint density at radius 2 is 1.37 bits per heavy atom. The van der Waals surface area contributed by atoms with Gasteiger partial charge in [-0.1, -0.05) is 84.0 Å². The molecule has 0 spiro atoms. The lowest BCUT2D eigenvalue weighted by molar-refractivity contribution is -0.136. The van der Waals surface area contributed by atoms with Crippen molar-refractivity contribution in [3.8, 4) is 5.75 Å². The van der Waals surface area contributed by atoms with Gasteiger partial charge in [0.2, 0.25) is 11.8 Å². The molecule has 0 bridgehead atoms. The van der Waals surface area contributed by atoms with E-state index in [0.717, 1.165) is 5.56 Å². The standard InChI is InChI=1S/C35H53N5O6/c1-21(2)20-46-28-16-14-26(15-17-28)18-40(39-35(45)33(23(5)6)38-25(8)42)19-29(43)30(31(36)27-12-10-9-11-13-27)34(44)32(22(3)4)37-24(7)41/h9-17,21-23,29-33,43H,18-20,36H2,1-8H3,(H,37,41)(H,38,42)(H,39,45)/t29-,30?,31?,32-,33-/m0/s1. The summed E-state index contributed by atoms with van der Waals surface area (Å²) in [6, 6.07) is 13.7. The average molecular weight is 640 g/mol. The minimum atomic E-state index is -1.36. The van der Waals surface area contributed by atoms with Gasteiger partial charge in [-0.2, -0.15) is 0 Å². The maximum absolute atomic E-state index is 14.1. The number of Topliss-reactive ketones (excluding diaryl/α,β-unsaturated/α-hetero) is 1. The van der Waals surface area contributed by atoms with E-state index in [9.17, 15) is 24.3 Å². The molecule has 0 saturated carbocycles. The number of rotatable bonds is 18. The zero-order chi connectivity index (χ0) is 34.6. The minimum absolute atomic E-state index is 0.166. The molecule has 11 heteroatoms. The SMILES string of the molecule is CC(=O)N[C@H](C(=O)NN(Cc1ccc(OCC(C)C)cc1)C[C@H](O)C(C(=O)[C@@H](NC(C)=O)C(C)C)C(N)c1ccccc1)C(C)C. The Bertz CT molecular complexity index is 1270. The maximum atomic E-state index is 14.1. The van der Waals surface area contributed by atoms with Crippen LogP contribution in [-0.4, -0.2) is 65.0 Å². The fourth-order valence-electron chi connectivity index (χ4n) is 5.12. The van der Waals surface area contributed by atoms with Gasteiger partial charge in [0.05, 0.1) is 24.7 Å². The smallest absolute Gasteiger partial charge is 0.257 e. The van der Waals surface area contributed by atoms with E-state index >= 15 is 0 Å². The molecule has 0 saturated heterocycles. The number of nitrogens with zero attached hydrogens (tertiary/aromatic N) is 1. The van der Waals surface area contributed by atoms with E-state index in [2.05, 4.69) is 29.9 Å². The van der Waals surface area contributed by atoms with Gasteiger partial charge in [0.15, 0.2) is 5.78 Å². The highest BCUT2D eigenvalue weighted by Gasteiger charge is 2.40. The van der Waals surface area contributed by atoms with Crippen molar-refractivity contribution in [2.24, 2.45) is 29.4 Å². The number of aliphatic hydroxyl groups is 1. The number of hydrogen-bond acceptors (Lipinski definition) is 8. The Balaban J connectivity index is 2.48. The Kier molecular flexibility index (Phi) is 15.3. The molecule has 0 aliphatic heterocycles. The summed E-state index contributed by atoms with van der Waals surface area (Å²) >= 11 is 0. The molecule has 2 rings (SSSR count). The van der Waals surface area contributed by atoms with E-state index in [1.54, 1.807) is 24.3 Å². The van der Waals surface area contributed by atoms with Crippen molar-refractivity contribution in [1.82, 2.24) is 21.1 Å². The van der Waals surface area contributed by atoms with Crippen LogP contribution in [0.5, 0.6) is 5.75 Å². The first-order chi connectivity index (χ1) is 21.6. The summed E-state index contributed by atoms with van der Waals surface area (Å²) < 4.78 is 5.80. The summed E-state index contributed by atoms with van der Waals surface area (Å²) in [6.45, 7) is 14.6. The van der Waals surface area contributed by atoms with Crippen LogP contribution in [0.1, 0.15) is 72.6 Å². The first-order valence-electron chi connectivity index (χ1n) is 15.9. The lowest BCUT2D eigenvalue weighted by atomic mass is 9.80. The summed E-state index contributed by atoms with van der Waals surface area (Å²) in [5.74, 6) is -2.17. The number of carbonyl (C=O) groups excluding carboxylic acids is 4. The number of hydrogen-bond donors (Lipinski definition) is 5. The van der Waals surface area contributed by atoms with Gasteiger partial charge < -0.3 is 26.2 Å². The maximum Gasteiger partial charge on any atom is 0.257 e. The minimum Gasteiger partial charge on any atom is -0.493 e. The van der Waals surface area contributed by atoms with Crippen molar-refractivity contribution in [3.63, 3.8) is 0 Å². The highest BCUT2D eigenvalue weighted by atomic mass is 16.5.